The van der Waals surface area contributed by atoms with Crippen LogP contribution in [-0.4, -0.2) is 24.3 Å². The molecule has 0 radical (unpaired) electrons. The van der Waals surface area contributed by atoms with Crippen molar-refractivity contribution >= 4 is 11.9 Å². The van der Waals surface area contributed by atoms with E-state index >= 15 is 0 Å². The Labute approximate surface area is 128 Å². The Morgan fingerprint density at radius 3 is 2.77 bits per heavy atom. The summed E-state index contributed by atoms with van der Waals surface area (Å²) in [6.45, 7) is 1.67. The van der Waals surface area contributed by atoms with Gasteiger partial charge in [0.25, 0.3) is 6.29 Å². The molecule has 0 bridgehead atoms. The molecule has 2 aliphatic carbocycles. The highest BCUT2D eigenvalue weighted by atomic mass is 16.7. The third-order valence-electron chi connectivity index (χ3n) is 4.93. The van der Waals surface area contributed by atoms with Crippen LogP contribution < -0.4 is 0 Å². The number of esters is 2. The van der Waals surface area contributed by atoms with Crippen LogP contribution in [0.3, 0.4) is 0 Å². The van der Waals surface area contributed by atoms with Gasteiger partial charge in [-0.15, -0.1) is 0 Å². The Bertz CT molecular complexity index is 639. The van der Waals surface area contributed by atoms with Gasteiger partial charge in [0.15, 0.2) is 0 Å². The molecule has 5 nitrogen and oxygen atoms in total. The van der Waals surface area contributed by atoms with Crippen molar-refractivity contribution in [2.75, 3.05) is 0 Å². The lowest BCUT2D eigenvalue weighted by Gasteiger charge is -2.17. The van der Waals surface area contributed by atoms with E-state index in [-0.39, 0.29) is 24.0 Å². The van der Waals surface area contributed by atoms with Crippen LogP contribution in [0.5, 0.6) is 0 Å². The van der Waals surface area contributed by atoms with Crippen molar-refractivity contribution in [3.8, 4) is 0 Å². The van der Waals surface area contributed by atoms with Gasteiger partial charge in [-0.1, -0.05) is 5.57 Å². The summed E-state index contributed by atoms with van der Waals surface area (Å²) >= 11 is 0. The van der Waals surface area contributed by atoms with Gasteiger partial charge >= 0.3 is 11.9 Å². The van der Waals surface area contributed by atoms with E-state index in [9.17, 15) is 9.59 Å². The molecule has 0 saturated carbocycles. The number of hydrogen-bond acceptors (Lipinski definition) is 5. The van der Waals surface area contributed by atoms with Gasteiger partial charge in [-0.2, -0.15) is 0 Å². The molecule has 0 amide bonds. The number of cyclic esters (lactones) is 1. The molecule has 3 atom stereocenters. The number of carbonyl (C=O) groups is 2. The summed E-state index contributed by atoms with van der Waals surface area (Å²) in [5.41, 5.74) is 3.88. The molecule has 22 heavy (non-hydrogen) atoms. The van der Waals surface area contributed by atoms with Gasteiger partial charge in [-0.05, 0) is 44.6 Å². The number of fused-ring (bicyclic) bond motifs is 2. The summed E-state index contributed by atoms with van der Waals surface area (Å²) < 4.78 is 16.0. The third kappa shape index (κ3) is 2.07. The van der Waals surface area contributed by atoms with Gasteiger partial charge in [0.1, 0.15) is 6.10 Å². The normalized spacial score (nSPS) is 35.2. The standard InChI is InChI=1S/C17H18O5/c1-9-6-14(21-16(9)18)20-8-13-12-7-10-4-2-3-5-11(10)15(12)22-17(13)19/h6,8,12,14-15H,2-5,7H2,1H3/b13-8+/t12-,14-,15-/m1/s1. The zero-order valence-electron chi connectivity index (χ0n) is 12.5. The van der Waals surface area contributed by atoms with E-state index in [1.165, 1.54) is 30.2 Å². The van der Waals surface area contributed by atoms with Gasteiger partial charge in [0.05, 0.1) is 11.8 Å². The Morgan fingerprint density at radius 2 is 2.00 bits per heavy atom. The van der Waals surface area contributed by atoms with Crippen LogP contribution in [-0.2, 0) is 23.8 Å². The molecule has 0 aromatic heterocycles. The van der Waals surface area contributed by atoms with Gasteiger partial charge in [-0.25, -0.2) is 9.59 Å². The highest BCUT2D eigenvalue weighted by molar-refractivity contribution is 5.92. The van der Waals surface area contributed by atoms with Gasteiger partial charge in [-0.3, -0.25) is 0 Å². The Balaban J connectivity index is 1.50. The van der Waals surface area contributed by atoms with Crippen molar-refractivity contribution in [2.24, 2.45) is 5.92 Å². The molecule has 1 fully saturated rings. The number of carbonyl (C=O) groups excluding carboxylic acids is 2. The molecule has 2 heterocycles. The minimum Gasteiger partial charge on any atom is -0.458 e. The molecule has 0 unspecified atom stereocenters. The maximum Gasteiger partial charge on any atom is 0.338 e. The summed E-state index contributed by atoms with van der Waals surface area (Å²) in [5, 5.41) is 0. The number of hydrogen-bond donors (Lipinski definition) is 0. The third-order valence-corrected chi connectivity index (χ3v) is 4.93. The fourth-order valence-corrected chi connectivity index (χ4v) is 3.79. The second-order valence-electron chi connectivity index (χ2n) is 6.31. The van der Waals surface area contributed by atoms with E-state index in [0.717, 1.165) is 19.3 Å². The van der Waals surface area contributed by atoms with E-state index in [2.05, 4.69) is 0 Å². The molecular formula is C17H18O5. The van der Waals surface area contributed by atoms with Crippen LogP contribution in [0.25, 0.3) is 0 Å². The van der Waals surface area contributed by atoms with Crippen LogP contribution in [0.2, 0.25) is 0 Å². The van der Waals surface area contributed by atoms with E-state index in [1.807, 2.05) is 0 Å². The predicted octanol–water partition coefficient (Wildman–Crippen LogP) is 2.53. The Hall–Kier alpha value is -2.04. The Kier molecular flexibility index (Phi) is 3.10. The maximum absolute atomic E-state index is 12.1. The molecule has 116 valence electrons. The molecule has 4 aliphatic rings. The average Bonchev–Trinajstić information content (AvgIpc) is 3.10. The quantitative estimate of drug-likeness (QED) is 0.339. The fourth-order valence-electron chi connectivity index (χ4n) is 3.79. The van der Waals surface area contributed by atoms with Crippen LogP contribution in [0.1, 0.15) is 39.0 Å². The zero-order chi connectivity index (χ0) is 15.3. The number of rotatable bonds is 2. The van der Waals surface area contributed by atoms with Gasteiger partial charge in [0.2, 0.25) is 0 Å². The maximum atomic E-state index is 12.1. The fraction of sp³-hybridized carbons (Fsp3) is 0.529. The van der Waals surface area contributed by atoms with Crippen molar-refractivity contribution in [3.63, 3.8) is 0 Å². The zero-order valence-corrected chi connectivity index (χ0v) is 12.5. The molecule has 0 spiro atoms. The first-order valence-electron chi connectivity index (χ1n) is 7.80. The average molecular weight is 302 g/mol. The lowest BCUT2D eigenvalue weighted by Crippen LogP contribution is -2.14. The van der Waals surface area contributed by atoms with Gasteiger partial charge < -0.3 is 14.2 Å². The second-order valence-corrected chi connectivity index (χ2v) is 6.31. The topological polar surface area (TPSA) is 61.8 Å². The molecule has 5 heteroatoms. The lowest BCUT2D eigenvalue weighted by molar-refractivity contribution is -0.152. The minimum absolute atomic E-state index is 0.0674. The van der Waals surface area contributed by atoms with Crippen molar-refractivity contribution in [3.05, 3.63) is 34.6 Å². The molecular weight excluding hydrogens is 284 g/mol. The molecule has 2 aliphatic heterocycles. The highest BCUT2D eigenvalue weighted by Crippen LogP contribution is 2.48. The first-order chi connectivity index (χ1) is 10.6. The van der Waals surface area contributed by atoms with Crippen LogP contribution in [0.15, 0.2) is 34.6 Å². The predicted molar refractivity (Wildman–Crippen MR) is 76.3 cm³/mol. The molecule has 0 N–H and O–H groups in total. The van der Waals surface area contributed by atoms with Crippen molar-refractivity contribution in [1.82, 2.24) is 0 Å². The Morgan fingerprint density at radius 1 is 1.18 bits per heavy atom. The summed E-state index contributed by atoms with van der Waals surface area (Å²) in [4.78, 5) is 23.4. The van der Waals surface area contributed by atoms with Gasteiger partial charge in [0, 0.05) is 17.6 Å². The summed E-state index contributed by atoms with van der Waals surface area (Å²) in [6.07, 6.45) is 7.66. The first-order valence-corrected chi connectivity index (χ1v) is 7.80. The molecule has 4 rings (SSSR count). The van der Waals surface area contributed by atoms with Crippen molar-refractivity contribution in [1.29, 1.82) is 0 Å². The lowest BCUT2D eigenvalue weighted by atomic mass is 9.93. The number of allylic oxidation sites excluding steroid dienone is 1. The number of ether oxygens (including phenoxy) is 3. The van der Waals surface area contributed by atoms with E-state index in [1.54, 1.807) is 13.0 Å². The van der Waals surface area contributed by atoms with E-state index in [4.69, 9.17) is 14.2 Å². The summed E-state index contributed by atoms with van der Waals surface area (Å²) in [5.74, 6) is -0.622. The molecule has 0 aromatic rings. The second kappa shape index (κ2) is 5.00. The smallest absolute Gasteiger partial charge is 0.338 e. The minimum atomic E-state index is -0.740. The highest BCUT2D eigenvalue weighted by Gasteiger charge is 2.47. The van der Waals surface area contributed by atoms with Crippen LogP contribution >= 0.6 is 0 Å². The monoisotopic (exact) mass is 302 g/mol. The van der Waals surface area contributed by atoms with E-state index in [0.29, 0.717) is 11.1 Å². The van der Waals surface area contributed by atoms with Crippen molar-refractivity contribution < 1.29 is 23.8 Å². The van der Waals surface area contributed by atoms with Crippen molar-refractivity contribution in [2.45, 2.75) is 51.4 Å². The molecule has 1 saturated heterocycles. The van der Waals surface area contributed by atoms with Crippen LogP contribution in [0, 0.1) is 5.92 Å². The molecule has 0 aromatic carbocycles. The SMILES string of the molecule is CC1=C[C@H](O/C=C2/C(=O)O[C@@H]3C4=C(CCCC4)C[C@H]23)OC1=O. The largest absolute Gasteiger partial charge is 0.458 e. The summed E-state index contributed by atoms with van der Waals surface area (Å²) in [6, 6.07) is 0. The van der Waals surface area contributed by atoms with Crippen LogP contribution in [0.4, 0.5) is 0 Å². The first kappa shape index (κ1) is 13.6. The summed E-state index contributed by atoms with van der Waals surface area (Å²) in [7, 11) is 0. The van der Waals surface area contributed by atoms with E-state index < -0.39 is 6.29 Å².